The summed E-state index contributed by atoms with van der Waals surface area (Å²) in [6.07, 6.45) is 5.68. The van der Waals surface area contributed by atoms with Gasteiger partial charge < -0.3 is 20.3 Å². The van der Waals surface area contributed by atoms with Gasteiger partial charge in [0.1, 0.15) is 5.75 Å². The fourth-order valence-corrected chi connectivity index (χ4v) is 3.39. The molecule has 0 amide bonds. The van der Waals surface area contributed by atoms with E-state index >= 15 is 0 Å². The van der Waals surface area contributed by atoms with Crippen molar-refractivity contribution in [3.8, 4) is 5.75 Å². The Labute approximate surface area is 173 Å². The van der Waals surface area contributed by atoms with Crippen LogP contribution in [0.4, 0.5) is 0 Å². The van der Waals surface area contributed by atoms with Gasteiger partial charge in [-0.3, -0.25) is 4.52 Å². The maximum atomic E-state index is 10.8. The first-order chi connectivity index (χ1) is 13.7. The number of phosphoric ester groups is 1. The molecule has 0 bridgehead atoms. The van der Waals surface area contributed by atoms with E-state index in [1.54, 1.807) is 6.92 Å². The third kappa shape index (κ3) is 10.6. The second kappa shape index (κ2) is 11.5. The summed E-state index contributed by atoms with van der Waals surface area (Å²) in [5.41, 5.74) is 7.71. The molecule has 0 aliphatic heterocycles. The van der Waals surface area contributed by atoms with Crippen LogP contribution in [0.25, 0.3) is 0 Å². The zero-order valence-electron chi connectivity index (χ0n) is 17.0. The highest BCUT2D eigenvalue weighted by Gasteiger charge is 2.24. The number of unbranched alkanes of at least 4 members (excludes halogenated alkanes) is 2. The first kappa shape index (κ1) is 23.6. The Morgan fingerprint density at radius 1 is 0.931 bits per heavy atom. The van der Waals surface area contributed by atoms with Crippen molar-refractivity contribution in [2.75, 3.05) is 13.2 Å². The second-order valence-electron chi connectivity index (χ2n) is 7.71. The molecule has 0 heterocycles. The SMILES string of the molecule is CC(N)(CCc1ccc(OCCCCCc2ccccc2)cc1)COP(=O)(O)O. The quantitative estimate of drug-likeness (QED) is 0.330. The van der Waals surface area contributed by atoms with Crippen molar-refractivity contribution in [3.63, 3.8) is 0 Å². The number of nitrogens with two attached hydrogens (primary N) is 1. The lowest BCUT2D eigenvalue weighted by atomic mass is 9.95. The Kier molecular flexibility index (Phi) is 9.34. The molecule has 4 N–H and O–H groups in total. The van der Waals surface area contributed by atoms with E-state index in [1.165, 1.54) is 5.56 Å². The van der Waals surface area contributed by atoms with E-state index in [2.05, 4.69) is 28.8 Å². The van der Waals surface area contributed by atoms with Crippen molar-refractivity contribution >= 4 is 7.82 Å². The molecule has 2 aromatic rings. The highest BCUT2D eigenvalue weighted by atomic mass is 31.2. The third-order valence-corrected chi connectivity index (χ3v) is 5.16. The summed E-state index contributed by atoms with van der Waals surface area (Å²) in [6, 6.07) is 18.4. The molecule has 29 heavy (non-hydrogen) atoms. The first-order valence-electron chi connectivity index (χ1n) is 9.98. The van der Waals surface area contributed by atoms with Crippen LogP contribution >= 0.6 is 7.82 Å². The van der Waals surface area contributed by atoms with Crippen molar-refractivity contribution in [2.45, 2.75) is 51.0 Å². The molecule has 7 heteroatoms. The molecule has 0 saturated carbocycles. The summed E-state index contributed by atoms with van der Waals surface area (Å²) in [6.45, 7) is 2.23. The molecule has 1 unspecified atom stereocenters. The van der Waals surface area contributed by atoms with Crippen molar-refractivity contribution in [1.29, 1.82) is 0 Å². The van der Waals surface area contributed by atoms with Gasteiger partial charge in [-0.2, -0.15) is 0 Å². The molecule has 1 atom stereocenters. The standard InChI is InChI=1S/C22H32NO5P/c1-22(23,18-28-29(24,25)26)16-15-20-11-13-21(14-12-20)27-17-7-3-6-10-19-8-4-2-5-9-19/h2,4-5,8-9,11-14H,3,6-7,10,15-18,23H2,1H3,(H2,24,25,26). The molecular formula is C22H32NO5P. The topological polar surface area (TPSA) is 102 Å². The van der Waals surface area contributed by atoms with E-state index in [1.807, 2.05) is 30.3 Å². The summed E-state index contributed by atoms with van der Waals surface area (Å²) in [7, 11) is -4.49. The lowest BCUT2D eigenvalue weighted by Gasteiger charge is -2.24. The molecule has 2 rings (SSSR count). The Bertz CT molecular complexity index is 759. The van der Waals surface area contributed by atoms with Gasteiger partial charge in [-0.05, 0) is 68.7 Å². The number of benzene rings is 2. The van der Waals surface area contributed by atoms with Crippen molar-refractivity contribution < 1.29 is 23.6 Å². The van der Waals surface area contributed by atoms with Gasteiger partial charge >= 0.3 is 7.82 Å². The third-order valence-electron chi connectivity index (χ3n) is 4.69. The fraction of sp³-hybridized carbons (Fsp3) is 0.455. The molecule has 0 fully saturated rings. The Morgan fingerprint density at radius 3 is 2.24 bits per heavy atom. The van der Waals surface area contributed by atoms with Crippen LogP contribution < -0.4 is 10.5 Å². The Hall–Kier alpha value is -1.69. The smallest absolute Gasteiger partial charge is 0.469 e. The zero-order chi connectivity index (χ0) is 21.2. The van der Waals surface area contributed by atoms with E-state index in [0.29, 0.717) is 19.4 Å². The molecule has 6 nitrogen and oxygen atoms in total. The van der Waals surface area contributed by atoms with Gasteiger partial charge in [0, 0.05) is 5.54 Å². The van der Waals surface area contributed by atoms with Crippen LogP contribution in [0, 0.1) is 0 Å². The average molecular weight is 421 g/mol. The van der Waals surface area contributed by atoms with Gasteiger partial charge in [0.15, 0.2) is 0 Å². The van der Waals surface area contributed by atoms with Gasteiger partial charge in [0.05, 0.1) is 13.2 Å². The van der Waals surface area contributed by atoms with Gasteiger partial charge in [0.25, 0.3) is 0 Å². The number of aryl methyl sites for hydroxylation is 2. The van der Waals surface area contributed by atoms with Gasteiger partial charge in [0.2, 0.25) is 0 Å². The van der Waals surface area contributed by atoms with E-state index in [9.17, 15) is 4.57 Å². The summed E-state index contributed by atoms with van der Waals surface area (Å²) in [4.78, 5) is 17.6. The Morgan fingerprint density at radius 2 is 1.59 bits per heavy atom. The minimum atomic E-state index is -4.49. The molecule has 0 aliphatic carbocycles. The number of hydrogen-bond acceptors (Lipinski definition) is 4. The number of ether oxygens (including phenoxy) is 1. The maximum absolute atomic E-state index is 10.8. The normalized spacial score (nSPS) is 13.8. The van der Waals surface area contributed by atoms with Crippen LogP contribution in [0.5, 0.6) is 5.75 Å². The van der Waals surface area contributed by atoms with Gasteiger partial charge in [-0.1, -0.05) is 42.5 Å². The van der Waals surface area contributed by atoms with Crippen molar-refractivity contribution in [3.05, 3.63) is 65.7 Å². The first-order valence-corrected chi connectivity index (χ1v) is 11.5. The van der Waals surface area contributed by atoms with Gasteiger partial charge in [-0.15, -0.1) is 0 Å². The number of phosphoric acid groups is 1. The average Bonchev–Trinajstić information content (AvgIpc) is 2.69. The van der Waals surface area contributed by atoms with Crippen molar-refractivity contribution in [2.24, 2.45) is 5.73 Å². The molecule has 0 spiro atoms. The molecule has 0 aromatic heterocycles. The summed E-state index contributed by atoms with van der Waals surface area (Å²) >= 11 is 0. The van der Waals surface area contributed by atoms with E-state index in [0.717, 1.165) is 37.0 Å². The van der Waals surface area contributed by atoms with Gasteiger partial charge in [-0.25, -0.2) is 4.57 Å². The molecular weight excluding hydrogens is 389 g/mol. The largest absolute Gasteiger partial charge is 0.494 e. The van der Waals surface area contributed by atoms with Crippen LogP contribution in [0.15, 0.2) is 54.6 Å². The Balaban J connectivity index is 1.62. The van der Waals surface area contributed by atoms with Crippen LogP contribution in [0.3, 0.4) is 0 Å². The summed E-state index contributed by atoms with van der Waals surface area (Å²) in [5, 5.41) is 0. The molecule has 160 valence electrons. The lowest BCUT2D eigenvalue weighted by Crippen LogP contribution is -2.41. The van der Waals surface area contributed by atoms with Crippen LogP contribution in [0.1, 0.15) is 43.7 Å². The summed E-state index contributed by atoms with van der Waals surface area (Å²) < 4.78 is 21.1. The van der Waals surface area contributed by atoms with E-state index in [4.69, 9.17) is 20.3 Å². The second-order valence-corrected chi connectivity index (χ2v) is 8.95. The summed E-state index contributed by atoms with van der Waals surface area (Å²) in [5.74, 6) is 0.845. The van der Waals surface area contributed by atoms with Crippen LogP contribution in [-0.4, -0.2) is 28.5 Å². The minimum absolute atomic E-state index is 0.192. The molecule has 0 saturated heterocycles. The minimum Gasteiger partial charge on any atom is -0.494 e. The predicted octanol–water partition coefficient (Wildman–Crippen LogP) is 4.24. The highest BCUT2D eigenvalue weighted by molar-refractivity contribution is 7.46. The zero-order valence-corrected chi connectivity index (χ0v) is 17.9. The van der Waals surface area contributed by atoms with Crippen LogP contribution in [-0.2, 0) is 21.9 Å². The molecule has 2 aromatic carbocycles. The fourth-order valence-electron chi connectivity index (χ4n) is 2.93. The molecule has 0 aliphatic rings. The molecule has 0 radical (unpaired) electrons. The number of rotatable bonds is 13. The van der Waals surface area contributed by atoms with Crippen LogP contribution in [0.2, 0.25) is 0 Å². The monoisotopic (exact) mass is 421 g/mol. The predicted molar refractivity (Wildman–Crippen MR) is 115 cm³/mol. The number of hydrogen-bond donors (Lipinski definition) is 3. The lowest BCUT2D eigenvalue weighted by molar-refractivity contribution is 0.154. The van der Waals surface area contributed by atoms with E-state index in [-0.39, 0.29) is 6.61 Å². The maximum Gasteiger partial charge on any atom is 0.469 e. The van der Waals surface area contributed by atoms with E-state index < -0.39 is 13.4 Å². The highest BCUT2D eigenvalue weighted by Crippen LogP contribution is 2.36. The van der Waals surface area contributed by atoms with Crippen molar-refractivity contribution in [1.82, 2.24) is 0 Å².